The number of hydrogen-bond acceptors (Lipinski definition) is 2. The second kappa shape index (κ2) is 11.1. The van der Waals surface area contributed by atoms with Gasteiger partial charge in [-0.3, -0.25) is 4.79 Å². The fraction of sp³-hybridized carbons (Fsp3) is 0.929. The molecule has 0 aromatic heterocycles. The molecule has 0 fully saturated rings. The summed E-state index contributed by atoms with van der Waals surface area (Å²) in [6, 6.07) is 0. The monoisotopic (exact) mass is 228 g/mol. The fourth-order valence-electron chi connectivity index (χ4n) is 1.95. The first-order chi connectivity index (χ1) is 7.72. The lowest BCUT2D eigenvalue weighted by molar-refractivity contribution is -0.122. The molecule has 0 aliphatic rings. The van der Waals surface area contributed by atoms with E-state index < -0.39 is 0 Å². The van der Waals surface area contributed by atoms with E-state index in [-0.39, 0.29) is 18.3 Å². The molecule has 0 saturated heterocycles. The van der Waals surface area contributed by atoms with Gasteiger partial charge in [0.2, 0.25) is 0 Å². The molecule has 2 heteroatoms. The number of rotatable bonds is 11. The van der Waals surface area contributed by atoms with Gasteiger partial charge in [-0.25, -0.2) is 0 Å². The van der Waals surface area contributed by atoms with Crippen LogP contribution in [0.4, 0.5) is 0 Å². The zero-order valence-electron chi connectivity index (χ0n) is 11.0. The molecule has 1 N–H and O–H groups in total. The Labute approximate surface area is 100 Å². The Kier molecular flexibility index (Phi) is 10.9. The number of carbonyl (C=O) groups is 1. The molecule has 0 aliphatic heterocycles. The highest BCUT2D eigenvalue weighted by atomic mass is 16.3. The van der Waals surface area contributed by atoms with Crippen molar-refractivity contribution in [3.63, 3.8) is 0 Å². The predicted molar refractivity (Wildman–Crippen MR) is 68.5 cm³/mol. The number of aliphatic hydroxyl groups excluding tert-OH is 1. The highest BCUT2D eigenvalue weighted by Gasteiger charge is 2.11. The number of aliphatic hydroxyl groups is 1. The number of unbranched alkanes of at least 4 members (excludes halogenated alkanes) is 7. The smallest absolute Gasteiger partial charge is 0.135 e. The summed E-state index contributed by atoms with van der Waals surface area (Å²) in [4.78, 5) is 11.1. The number of Topliss-reactive ketones (excluding diaryl/α,β-unsaturated/α-hetero) is 1. The third-order valence-corrected chi connectivity index (χ3v) is 3.20. The summed E-state index contributed by atoms with van der Waals surface area (Å²) in [5, 5.41) is 8.98. The van der Waals surface area contributed by atoms with Crippen molar-refractivity contribution in [2.45, 2.75) is 71.6 Å². The first-order valence-corrected chi connectivity index (χ1v) is 6.83. The highest BCUT2D eigenvalue weighted by Crippen LogP contribution is 2.13. The minimum atomic E-state index is -0.111. The summed E-state index contributed by atoms with van der Waals surface area (Å²) in [7, 11) is 0. The van der Waals surface area contributed by atoms with Gasteiger partial charge in [0, 0.05) is 5.92 Å². The molecule has 0 bridgehead atoms. The van der Waals surface area contributed by atoms with Gasteiger partial charge in [0.05, 0.1) is 6.61 Å². The van der Waals surface area contributed by atoms with E-state index in [0.29, 0.717) is 0 Å². The summed E-state index contributed by atoms with van der Waals surface area (Å²) < 4.78 is 0. The third-order valence-electron chi connectivity index (χ3n) is 3.20. The van der Waals surface area contributed by atoms with E-state index in [4.69, 9.17) is 5.11 Å². The van der Waals surface area contributed by atoms with Gasteiger partial charge < -0.3 is 5.11 Å². The topological polar surface area (TPSA) is 37.3 Å². The van der Waals surface area contributed by atoms with Crippen molar-refractivity contribution >= 4 is 5.78 Å². The average molecular weight is 228 g/mol. The molecule has 96 valence electrons. The van der Waals surface area contributed by atoms with Crippen LogP contribution in [0.15, 0.2) is 0 Å². The van der Waals surface area contributed by atoms with Crippen LogP contribution >= 0.6 is 0 Å². The van der Waals surface area contributed by atoms with Gasteiger partial charge in [-0.05, 0) is 13.3 Å². The van der Waals surface area contributed by atoms with E-state index in [9.17, 15) is 4.79 Å². The van der Waals surface area contributed by atoms with Gasteiger partial charge in [-0.15, -0.1) is 0 Å². The molecule has 0 aromatic carbocycles. The van der Waals surface area contributed by atoms with E-state index in [1.165, 1.54) is 44.9 Å². The van der Waals surface area contributed by atoms with Gasteiger partial charge in [0.25, 0.3) is 0 Å². The van der Waals surface area contributed by atoms with Gasteiger partial charge in [-0.1, -0.05) is 58.3 Å². The Balaban J connectivity index is 3.22. The van der Waals surface area contributed by atoms with Gasteiger partial charge >= 0.3 is 0 Å². The molecule has 0 rings (SSSR count). The van der Waals surface area contributed by atoms with Gasteiger partial charge in [0.1, 0.15) is 5.78 Å². The molecular formula is C14H28O2. The van der Waals surface area contributed by atoms with Crippen LogP contribution in [0, 0.1) is 5.92 Å². The zero-order valence-corrected chi connectivity index (χ0v) is 11.0. The molecule has 0 saturated carbocycles. The maximum atomic E-state index is 11.1. The summed E-state index contributed by atoms with van der Waals surface area (Å²) in [6.45, 7) is 3.83. The Hall–Kier alpha value is -0.370. The van der Waals surface area contributed by atoms with Crippen LogP contribution in [0.3, 0.4) is 0 Å². The van der Waals surface area contributed by atoms with E-state index in [1.807, 2.05) is 0 Å². The number of carbonyl (C=O) groups excluding carboxylic acids is 1. The number of ketones is 1. The lowest BCUT2D eigenvalue weighted by Crippen LogP contribution is -2.15. The lowest BCUT2D eigenvalue weighted by atomic mass is 9.97. The Morgan fingerprint density at radius 3 is 1.94 bits per heavy atom. The highest BCUT2D eigenvalue weighted by molar-refractivity contribution is 5.78. The number of hydrogen-bond donors (Lipinski definition) is 1. The minimum absolute atomic E-state index is 0.0197. The molecule has 0 aliphatic carbocycles. The second-order valence-corrected chi connectivity index (χ2v) is 4.75. The van der Waals surface area contributed by atoms with Crippen molar-refractivity contribution in [1.82, 2.24) is 0 Å². The zero-order chi connectivity index (χ0) is 12.2. The SMILES string of the molecule is CCCCCCCCCCC(CO)C(C)=O. The van der Waals surface area contributed by atoms with Crippen LogP contribution in [-0.2, 0) is 4.79 Å². The Morgan fingerprint density at radius 1 is 1.00 bits per heavy atom. The standard InChI is InChI=1S/C14H28O2/c1-3-4-5-6-7-8-9-10-11-14(12-15)13(2)16/h14-15H,3-12H2,1-2H3. The van der Waals surface area contributed by atoms with Gasteiger partial charge in [0.15, 0.2) is 0 Å². The summed E-state index contributed by atoms with van der Waals surface area (Å²) in [5.74, 6) is 0.0190. The summed E-state index contributed by atoms with van der Waals surface area (Å²) in [6.07, 6.45) is 11.1. The maximum absolute atomic E-state index is 11.1. The molecule has 1 atom stereocenters. The van der Waals surface area contributed by atoms with Crippen molar-refractivity contribution in [3.05, 3.63) is 0 Å². The second-order valence-electron chi connectivity index (χ2n) is 4.75. The van der Waals surface area contributed by atoms with Crippen LogP contribution in [0.2, 0.25) is 0 Å². The quantitative estimate of drug-likeness (QED) is 0.547. The van der Waals surface area contributed by atoms with Crippen molar-refractivity contribution in [3.8, 4) is 0 Å². The predicted octanol–water partition coefficient (Wildman–Crippen LogP) is 3.71. The van der Waals surface area contributed by atoms with E-state index >= 15 is 0 Å². The maximum Gasteiger partial charge on any atom is 0.135 e. The van der Waals surface area contributed by atoms with E-state index in [1.54, 1.807) is 6.92 Å². The van der Waals surface area contributed by atoms with Crippen molar-refractivity contribution in [2.75, 3.05) is 6.61 Å². The molecular weight excluding hydrogens is 200 g/mol. The van der Waals surface area contributed by atoms with Crippen LogP contribution in [0.25, 0.3) is 0 Å². The molecule has 0 amide bonds. The molecule has 0 radical (unpaired) electrons. The van der Waals surface area contributed by atoms with Crippen LogP contribution in [0.5, 0.6) is 0 Å². The third kappa shape index (κ3) is 8.90. The molecule has 0 heterocycles. The summed E-state index contributed by atoms with van der Waals surface area (Å²) >= 11 is 0. The van der Waals surface area contributed by atoms with E-state index in [0.717, 1.165) is 12.8 Å². The van der Waals surface area contributed by atoms with Crippen LogP contribution in [0.1, 0.15) is 71.6 Å². The molecule has 2 nitrogen and oxygen atoms in total. The first kappa shape index (κ1) is 15.6. The minimum Gasteiger partial charge on any atom is -0.396 e. The summed E-state index contributed by atoms with van der Waals surface area (Å²) in [5.41, 5.74) is 0. The van der Waals surface area contributed by atoms with Crippen molar-refractivity contribution < 1.29 is 9.90 Å². The average Bonchev–Trinajstić information content (AvgIpc) is 2.26. The lowest BCUT2D eigenvalue weighted by Gasteiger charge is -2.09. The van der Waals surface area contributed by atoms with Crippen molar-refractivity contribution in [1.29, 1.82) is 0 Å². The fourth-order valence-corrected chi connectivity index (χ4v) is 1.95. The Morgan fingerprint density at radius 2 is 1.50 bits per heavy atom. The van der Waals surface area contributed by atoms with Gasteiger partial charge in [-0.2, -0.15) is 0 Å². The van der Waals surface area contributed by atoms with Crippen molar-refractivity contribution in [2.24, 2.45) is 5.92 Å². The first-order valence-electron chi connectivity index (χ1n) is 6.83. The van der Waals surface area contributed by atoms with Crippen LogP contribution < -0.4 is 0 Å². The largest absolute Gasteiger partial charge is 0.396 e. The molecule has 0 aromatic rings. The molecule has 0 spiro atoms. The molecule has 16 heavy (non-hydrogen) atoms. The normalized spacial score (nSPS) is 12.7. The van der Waals surface area contributed by atoms with E-state index in [2.05, 4.69) is 6.92 Å². The van der Waals surface area contributed by atoms with Crippen LogP contribution in [-0.4, -0.2) is 17.5 Å². The Bertz CT molecular complexity index is 166. The molecule has 1 unspecified atom stereocenters.